The second-order valence-corrected chi connectivity index (χ2v) is 11.5. The van der Waals surface area contributed by atoms with E-state index in [-0.39, 0.29) is 41.3 Å². The van der Waals surface area contributed by atoms with Crippen molar-refractivity contribution in [3.63, 3.8) is 0 Å². The molecule has 0 aromatic rings. The third kappa shape index (κ3) is 3.03. The Kier molecular flexibility index (Phi) is 5.01. The number of halogens is 3. The summed E-state index contributed by atoms with van der Waals surface area (Å²) in [5, 5.41) is 10.3. The molecule has 9 atom stereocenters. The maximum Gasteiger partial charge on any atom is 0.417 e. The van der Waals surface area contributed by atoms with Gasteiger partial charge in [-0.1, -0.05) is 20.8 Å². The number of aliphatic hydroxyl groups is 1. The smallest absolute Gasteiger partial charge is 0.380 e. The average molecular weight is 415 g/mol. The summed E-state index contributed by atoms with van der Waals surface area (Å²) < 4.78 is 40.4. The van der Waals surface area contributed by atoms with Gasteiger partial charge in [0.05, 0.1) is 0 Å². The Morgan fingerprint density at radius 1 is 0.966 bits per heavy atom. The third-order valence-corrected chi connectivity index (χ3v) is 10.6. The largest absolute Gasteiger partial charge is 0.417 e. The Bertz CT molecular complexity index is 676. The zero-order chi connectivity index (χ0) is 21.4. The summed E-state index contributed by atoms with van der Waals surface area (Å²) in [7, 11) is 0. The first-order valence-corrected chi connectivity index (χ1v) is 11.6. The van der Waals surface area contributed by atoms with Gasteiger partial charge < -0.3 is 5.11 Å². The summed E-state index contributed by atoms with van der Waals surface area (Å²) in [6, 6.07) is 0. The van der Waals surface area contributed by atoms with Crippen molar-refractivity contribution in [3.05, 3.63) is 0 Å². The van der Waals surface area contributed by atoms with Gasteiger partial charge in [0.1, 0.15) is 5.78 Å². The van der Waals surface area contributed by atoms with Crippen molar-refractivity contribution < 1.29 is 23.1 Å². The molecule has 0 aliphatic heterocycles. The van der Waals surface area contributed by atoms with Crippen LogP contribution in [0.5, 0.6) is 0 Å². The van der Waals surface area contributed by atoms with Gasteiger partial charge in [0, 0.05) is 5.92 Å². The van der Waals surface area contributed by atoms with Gasteiger partial charge in [-0.15, -0.1) is 0 Å². The molecule has 5 heteroatoms. The monoisotopic (exact) mass is 414 g/mol. The molecule has 1 N–H and O–H groups in total. The van der Waals surface area contributed by atoms with Crippen molar-refractivity contribution in [2.45, 2.75) is 97.3 Å². The average Bonchev–Trinajstić information content (AvgIpc) is 2.98. The predicted molar refractivity (Wildman–Crippen MR) is 106 cm³/mol. The van der Waals surface area contributed by atoms with E-state index < -0.39 is 11.8 Å². The second-order valence-electron chi connectivity index (χ2n) is 11.5. The minimum atomic E-state index is -4.53. The molecular formula is C24H37F3O2. The van der Waals surface area contributed by atoms with Gasteiger partial charge in [-0.3, -0.25) is 4.79 Å². The van der Waals surface area contributed by atoms with Crippen LogP contribution in [0.1, 0.15) is 85.5 Å². The lowest BCUT2D eigenvalue weighted by Gasteiger charge is -2.62. The lowest BCUT2D eigenvalue weighted by Crippen LogP contribution is -2.59. The summed E-state index contributed by atoms with van der Waals surface area (Å²) in [6.07, 6.45) is 1.88. The summed E-state index contributed by atoms with van der Waals surface area (Å²) >= 11 is 0. The molecule has 0 spiro atoms. The molecule has 2 nitrogen and oxygen atoms in total. The van der Waals surface area contributed by atoms with Crippen LogP contribution >= 0.6 is 0 Å². The Balaban J connectivity index is 1.57. The normalized spacial score (nSPS) is 51.0. The first kappa shape index (κ1) is 21.6. The maximum absolute atomic E-state index is 13.5. The number of hydrogen-bond donors (Lipinski definition) is 1. The van der Waals surface area contributed by atoms with Crippen molar-refractivity contribution in [1.29, 1.82) is 0 Å². The van der Waals surface area contributed by atoms with E-state index in [0.717, 1.165) is 38.5 Å². The summed E-state index contributed by atoms with van der Waals surface area (Å²) in [4.78, 5) is 12.1. The standard InChI is InChI=1S/C24H37F3O2/c1-14(15(2)28)18-7-8-19-17-6-5-16-13-23(29,24(25,26)27)12-11-21(16,3)20(17)9-10-22(18,19)4/h14,16-20,29H,5-13H2,1-4H3/t14-,16+,17+,18-,19+,20+,21+,22-,23+/m1/s1. The van der Waals surface area contributed by atoms with E-state index in [2.05, 4.69) is 20.8 Å². The molecule has 0 aromatic carbocycles. The van der Waals surface area contributed by atoms with Crippen molar-refractivity contribution in [3.8, 4) is 0 Å². The SMILES string of the molecule is CC(=O)[C@@H](C)[C@H]1CC[C@H]2[C@@H]3CC[C@H]4C[C@](O)(C(F)(F)F)CC[C@]4(C)[C@H]3CC[C@]12C. The molecule has 0 radical (unpaired) electrons. The van der Waals surface area contributed by atoms with E-state index in [1.54, 1.807) is 6.92 Å². The van der Waals surface area contributed by atoms with Gasteiger partial charge in [-0.05, 0) is 105 Å². The topological polar surface area (TPSA) is 37.3 Å². The van der Waals surface area contributed by atoms with Gasteiger partial charge in [-0.25, -0.2) is 0 Å². The van der Waals surface area contributed by atoms with Crippen LogP contribution in [-0.4, -0.2) is 22.7 Å². The van der Waals surface area contributed by atoms with Crippen molar-refractivity contribution in [1.82, 2.24) is 0 Å². The van der Waals surface area contributed by atoms with Crippen LogP contribution in [0.15, 0.2) is 0 Å². The molecule has 4 fully saturated rings. The van der Waals surface area contributed by atoms with E-state index in [9.17, 15) is 23.1 Å². The Morgan fingerprint density at radius 2 is 1.62 bits per heavy atom. The number of alkyl halides is 3. The van der Waals surface area contributed by atoms with Crippen LogP contribution in [0.4, 0.5) is 13.2 Å². The van der Waals surface area contributed by atoms with E-state index in [0.29, 0.717) is 30.1 Å². The van der Waals surface area contributed by atoms with Crippen molar-refractivity contribution >= 4 is 5.78 Å². The molecule has 4 saturated carbocycles. The van der Waals surface area contributed by atoms with Crippen LogP contribution in [0.25, 0.3) is 0 Å². The summed E-state index contributed by atoms with van der Waals surface area (Å²) in [5.74, 6) is 2.41. The highest BCUT2D eigenvalue weighted by Gasteiger charge is 2.65. The van der Waals surface area contributed by atoms with Gasteiger partial charge in [0.15, 0.2) is 5.60 Å². The Labute approximate surface area is 173 Å². The molecule has 0 saturated heterocycles. The Morgan fingerprint density at radius 3 is 2.24 bits per heavy atom. The number of hydrogen-bond acceptors (Lipinski definition) is 2. The molecule has 0 bridgehead atoms. The number of carbonyl (C=O) groups is 1. The molecule has 4 rings (SSSR count). The van der Waals surface area contributed by atoms with Gasteiger partial charge in [0.25, 0.3) is 0 Å². The highest BCUT2D eigenvalue weighted by Crippen LogP contribution is 2.69. The van der Waals surface area contributed by atoms with E-state index in [1.807, 2.05) is 0 Å². The van der Waals surface area contributed by atoms with E-state index in [4.69, 9.17) is 0 Å². The highest BCUT2D eigenvalue weighted by molar-refractivity contribution is 5.78. The molecule has 166 valence electrons. The molecule has 4 aliphatic carbocycles. The van der Waals surface area contributed by atoms with Crippen LogP contribution in [0, 0.1) is 46.3 Å². The zero-order valence-corrected chi connectivity index (χ0v) is 18.3. The number of ketones is 1. The number of carbonyl (C=O) groups excluding carboxylic acids is 1. The minimum Gasteiger partial charge on any atom is -0.380 e. The first-order chi connectivity index (χ1) is 13.3. The van der Waals surface area contributed by atoms with Crippen LogP contribution in [-0.2, 0) is 4.79 Å². The number of rotatable bonds is 2. The maximum atomic E-state index is 13.5. The first-order valence-electron chi connectivity index (χ1n) is 11.6. The fourth-order valence-electron chi connectivity index (χ4n) is 8.65. The van der Waals surface area contributed by atoms with Crippen LogP contribution in [0.3, 0.4) is 0 Å². The molecular weight excluding hydrogens is 377 g/mol. The van der Waals surface area contributed by atoms with Crippen LogP contribution < -0.4 is 0 Å². The molecule has 0 aromatic heterocycles. The van der Waals surface area contributed by atoms with Gasteiger partial charge in [0.2, 0.25) is 0 Å². The third-order valence-electron chi connectivity index (χ3n) is 10.6. The molecule has 0 amide bonds. The zero-order valence-electron chi connectivity index (χ0n) is 18.3. The summed E-state index contributed by atoms with van der Waals surface area (Å²) in [5.41, 5.74) is -2.40. The number of fused-ring (bicyclic) bond motifs is 5. The highest BCUT2D eigenvalue weighted by atomic mass is 19.4. The Hall–Kier alpha value is -0.580. The molecule has 0 unspecified atom stereocenters. The molecule has 29 heavy (non-hydrogen) atoms. The minimum absolute atomic E-state index is 0.0400. The fourth-order valence-corrected chi connectivity index (χ4v) is 8.65. The van der Waals surface area contributed by atoms with E-state index >= 15 is 0 Å². The lowest BCUT2D eigenvalue weighted by atomic mass is 9.43. The summed E-state index contributed by atoms with van der Waals surface area (Å²) in [6.45, 7) is 8.41. The second kappa shape index (κ2) is 6.71. The molecule has 0 heterocycles. The van der Waals surface area contributed by atoms with Crippen LogP contribution in [0.2, 0.25) is 0 Å². The predicted octanol–water partition coefficient (Wildman–Crippen LogP) is 6.16. The van der Waals surface area contributed by atoms with Crippen molar-refractivity contribution in [2.24, 2.45) is 46.3 Å². The molecule has 4 aliphatic rings. The fraction of sp³-hybridized carbons (Fsp3) is 0.958. The van der Waals surface area contributed by atoms with E-state index in [1.165, 1.54) is 0 Å². The van der Waals surface area contributed by atoms with Gasteiger partial charge in [-0.2, -0.15) is 13.2 Å². The van der Waals surface area contributed by atoms with Crippen molar-refractivity contribution in [2.75, 3.05) is 0 Å². The lowest BCUT2D eigenvalue weighted by molar-refractivity contribution is -0.290. The number of Topliss-reactive ketones (excluding diaryl/α,β-unsaturated/α-hetero) is 1. The van der Waals surface area contributed by atoms with Gasteiger partial charge >= 0.3 is 6.18 Å². The quantitative estimate of drug-likeness (QED) is 0.587.